The van der Waals surface area contributed by atoms with E-state index >= 15 is 0 Å². The van der Waals surface area contributed by atoms with Crippen LogP contribution in [-0.2, 0) is 0 Å². The molecule has 0 saturated heterocycles. The van der Waals surface area contributed by atoms with Crippen LogP contribution >= 0.6 is 32.6 Å². The highest BCUT2D eigenvalue weighted by Crippen LogP contribution is 2.24. The zero-order valence-corrected chi connectivity index (χ0v) is 8.50. The van der Waals surface area contributed by atoms with Gasteiger partial charge >= 0.3 is 0 Å². The van der Waals surface area contributed by atoms with Crippen molar-refractivity contribution in [1.82, 2.24) is 14.3 Å². The van der Waals surface area contributed by atoms with Crippen LogP contribution in [0, 0.1) is 0 Å². The predicted octanol–water partition coefficient (Wildman–Crippen LogP) is 2.38. The van der Waals surface area contributed by atoms with Gasteiger partial charge in [-0.3, -0.25) is 0 Å². The maximum absolute atomic E-state index is 5.84. The monoisotopic (exact) mass is 219 g/mol. The van der Waals surface area contributed by atoms with Crippen LogP contribution in [0.25, 0.3) is 11.0 Å². The van der Waals surface area contributed by atoms with E-state index in [1.54, 1.807) is 4.34 Å². The molecule has 2 aromatic rings. The Labute approximate surface area is 81.0 Å². The van der Waals surface area contributed by atoms with Gasteiger partial charge in [0.1, 0.15) is 5.52 Å². The fourth-order valence-electron chi connectivity index (χ4n) is 0.997. The van der Waals surface area contributed by atoms with Crippen molar-refractivity contribution in [2.24, 2.45) is 0 Å². The summed E-state index contributed by atoms with van der Waals surface area (Å²) < 4.78 is 1.77. The van der Waals surface area contributed by atoms with Crippen molar-refractivity contribution in [2.45, 2.75) is 0 Å². The Morgan fingerprint density at radius 3 is 2.83 bits per heavy atom. The molecule has 0 amide bonds. The smallest absolute Gasteiger partial charge is 0.224 e. The van der Waals surface area contributed by atoms with Gasteiger partial charge < -0.3 is 4.34 Å². The van der Waals surface area contributed by atoms with Crippen molar-refractivity contribution in [2.75, 3.05) is 0 Å². The second kappa shape index (κ2) is 2.84. The van der Waals surface area contributed by atoms with Crippen molar-refractivity contribution in [3.63, 3.8) is 0 Å². The third-order valence-corrected chi connectivity index (χ3v) is 2.36. The highest BCUT2D eigenvalue weighted by atomic mass is 35.5. The summed E-state index contributed by atoms with van der Waals surface area (Å²) in [4.78, 5) is 7.81. The van der Waals surface area contributed by atoms with Crippen LogP contribution in [0.15, 0.2) is 12.3 Å². The molecule has 0 spiro atoms. The van der Waals surface area contributed by atoms with Gasteiger partial charge in [0.25, 0.3) is 0 Å². The molecule has 0 N–H and O–H groups in total. The summed E-state index contributed by atoms with van der Waals surface area (Å²) in [6.45, 7) is 0. The third-order valence-electron chi connectivity index (χ3n) is 1.49. The molecular weight excluding hydrogens is 216 g/mol. The number of hydrogen-bond acceptors (Lipinski definition) is 2. The van der Waals surface area contributed by atoms with E-state index in [1.807, 2.05) is 12.3 Å². The first-order valence-electron chi connectivity index (χ1n) is 3.13. The number of aromatic nitrogens is 3. The van der Waals surface area contributed by atoms with Gasteiger partial charge in [-0.1, -0.05) is 11.6 Å². The lowest BCUT2D eigenvalue weighted by Crippen LogP contribution is -1.86. The highest BCUT2D eigenvalue weighted by molar-refractivity contribution is 7.15. The van der Waals surface area contributed by atoms with E-state index in [0.29, 0.717) is 5.15 Å². The van der Waals surface area contributed by atoms with Gasteiger partial charge in [0, 0.05) is 6.20 Å². The minimum atomic E-state index is 0.170. The number of halogens is 2. The van der Waals surface area contributed by atoms with Crippen molar-refractivity contribution >= 4 is 43.6 Å². The van der Waals surface area contributed by atoms with Crippen molar-refractivity contribution in [1.29, 1.82) is 0 Å². The molecule has 0 saturated carbocycles. The Morgan fingerprint density at radius 1 is 1.33 bits per heavy atom. The molecule has 0 radical (unpaired) electrons. The first kappa shape index (κ1) is 8.24. The maximum Gasteiger partial charge on any atom is 0.224 e. The largest absolute Gasteiger partial charge is 0.328 e. The van der Waals surface area contributed by atoms with E-state index < -0.39 is 0 Å². The molecule has 0 bridgehead atoms. The van der Waals surface area contributed by atoms with Gasteiger partial charge in [0.2, 0.25) is 5.28 Å². The Bertz CT molecular complexity index is 440. The summed E-state index contributed by atoms with van der Waals surface area (Å²) in [6, 6.07) is 1.82. The minimum absolute atomic E-state index is 0.170. The SMILES string of the molecule is Pn1ccc2nc(Cl)nc(Cl)c21. The molecule has 2 rings (SSSR count). The summed E-state index contributed by atoms with van der Waals surface area (Å²) in [5, 5.41) is 0.536. The zero-order chi connectivity index (χ0) is 8.72. The molecular formula is C6H4Cl2N3P. The van der Waals surface area contributed by atoms with Crippen LogP contribution in [0.5, 0.6) is 0 Å². The van der Waals surface area contributed by atoms with Gasteiger partial charge in [0.15, 0.2) is 5.15 Å². The van der Waals surface area contributed by atoms with Crippen LogP contribution in [0.1, 0.15) is 0 Å². The van der Waals surface area contributed by atoms with E-state index in [0.717, 1.165) is 11.0 Å². The van der Waals surface area contributed by atoms with Gasteiger partial charge in [-0.2, -0.15) is 0 Å². The summed E-state index contributed by atoms with van der Waals surface area (Å²) >= 11 is 11.4. The summed E-state index contributed by atoms with van der Waals surface area (Å²) in [5.74, 6) is 0. The first-order valence-corrected chi connectivity index (χ1v) is 4.41. The molecule has 6 heteroatoms. The summed E-state index contributed by atoms with van der Waals surface area (Å²) in [7, 11) is 2.49. The molecule has 12 heavy (non-hydrogen) atoms. The van der Waals surface area contributed by atoms with Crippen LogP contribution in [0.2, 0.25) is 10.4 Å². The van der Waals surface area contributed by atoms with E-state index in [4.69, 9.17) is 23.2 Å². The van der Waals surface area contributed by atoms with E-state index in [9.17, 15) is 0 Å². The molecule has 0 aromatic carbocycles. The van der Waals surface area contributed by atoms with Crippen molar-refractivity contribution < 1.29 is 0 Å². The molecule has 1 atom stereocenters. The lowest BCUT2D eigenvalue weighted by molar-refractivity contribution is 1.21. The van der Waals surface area contributed by atoms with E-state index in [1.165, 1.54) is 0 Å². The molecule has 2 heterocycles. The Kier molecular flexibility index (Phi) is 1.95. The standard InChI is InChI=1S/C6H4Cl2N3P/c7-5-4-3(1-2-11(4)12)9-6(8)10-5/h1-2H,12H2. The molecule has 1 unspecified atom stereocenters. The molecule has 0 aliphatic heterocycles. The lowest BCUT2D eigenvalue weighted by atomic mass is 10.5. The Morgan fingerprint density at radius 2 is 2.08 bits per heavy atom. The van der Waals surface area contributed by atoms with Crippen LogP contribution in [0.3, 0.4) is 0 Å². The average Bonchev–Trinajstić information content (AvgIpc) is 2.31. The fourth-order valence-corrected chi connectivity index (χ4v) is 1.91. The zero-order valence-electron chi connectivity index (χ0n) is 5.83. The van der Waals surface area contributed by atoms with Crippen molar-refractivity contribution in [3.05, 3.63) is 22.7 Å². The van der Waals surface area contributed by atoms with Gasteiger partial charge in [-0.25, -0.2) is 9.97 Å². The summed E-state index contributed by atoms with van der Waals surface area (Å²) in [5.41, 5.74) is 1.51. The first-order chi connectivity index (χ1) is 5.68. The fraction of sp³-hybridized carbons (Fsp3) is 0. The number of nitrogens with zero attached hydrogens (tertiary/aromatic N) is 3. The number of fused-ring (bicyclic) bond motifs is 1. The molecule has 0 fully saturated rings. The third kappa shape index (κ3) is 1.18. The topological polar surface area (TPSA) is 30.7 Å². The quantitative estimate of drug-likeness (QED) is 0.387. The molecule has 2 aromatic heterocycles. The van der Waals surface area contributed by atoms with E-state index in [2.05, 4.69) is 19.4 Å². The molecule has 62 valence electrons. The normalized spacial score (nSPS) is 10.9. The average molecular weight is 220 g/mol. The van der Waals surface area contributed by atoms with Gasteiger partial charge in [-0.05, 0) is 27.1 Å². The van der Waals surface area contributed by atoms with Crippen LogP contribution in [-0.4, -0.2) is 14.3 Å². The van der Waals surface area contributed by atoms with Crippen molar-refractivity contribution in [3.8, 4) is 0 Å². The lowest BCUT2D eigenvalue weighted by Gasteiger charge is -1.97. The number of hydrogen-bond donors (Lipinski definition) is 0. The molecule has 0 aliphatic rings. The predicted molar refractivity (Wildman–Crippen MR) is 52.7 cm³/mol. The Balaban J connectivity index is 2.93. The van der Waals surface area contributed by atoms with Crippen LogP contribution < -0.4 is 0 Å². The van der Waals surface area contributed by atoms with E-state index in [-0.39, 0.29) is 5.28 Å². The summed E-state index contributed by atoms with van der Waals surface area (Å²) in [6.07, 6.45) is 1.83. The number of rotatable bonds is 0. The molecule has 0 aliphatic carbocycles. The van der Waals surface area contributed by atoms with Gasteiger partial charge in [-0.15, -0.1) is 0 Å². The maximum atomic E-state index is 5.84. The minimum Gasteiger partial charge on any atom is -0.328 e. The highest BCUT2D eigenvalue weighted by Gasteiger charge is 2.06. The molecule has 3 nitrogen and oxygen atoms in total. The second-order valence-electron chi connectivity index (χ2n) is 2.24. The second-order valence-corrected chi connectivity index (χ2v) is 3.49. The van der Waals surface area contributed by atoms with Crippen LogP contribution in [0.4, 0.5) is 0 Å². The van der Waals surface area contributed by atoms with Gasteiger partial charge in [0.05, 0.1) is 5.52 Å². The Hall–Kier alpha value is -0.370.